The summed E-state index contributed by atoms with van der Waals surface area (Å²) in [6.45, 7) is 3.13. The zero-order valence-corrected chi connectivity index (χ0v) is 12.9. The first-order valence-corrected chi connectivity index (χ1v) is 7.74. The molecule has 1 unspecified atom stereocenters. The smallest absolute Gasteiger partial charge is 0.120 e. The Kier molecular flexibility index (Phi) is 5.25. The van der Waals surface area contributed by atoms with E-state index in [0.29, 0.717) is 13.2 Å². The number of aliphatic hydroxyl groups excluding tert-OH is 1. The number of benzene rings is 1. The third kappa shape index (κ3) is 4.20. The standard InChI is InChI=1S/C15H22BrNO2/c1-2-15(7-4-8-15)17-10-13(18)11-19-14-6-3-5-12(16)9-14/h3,5-6,9,13,17-18H,2,4,7-8,10-11H2,1H3. The number of β-amino-alcohol motifs (C(OH)–C–C–N with tert-alkyl or cyclic N) is 1. The second kappa shape index (κ2) is 6.73. The van der Waals surface area contributed by atoms with E-state index in [0.717, 1.165) is 16.6 Å². The maximum atomic E-state index is 9.96. The quantitative estimate of drug-likeness (QED) is 0.808. The van der Waals surface area contributed by atoms with Gasteiger partial charge in [0.05, 0.1) is 0 Å². The summed E-state index contributed by atoms with van der Waals surface area (Å²) in [6, 6.07) is 7.67. The van der Waals surface area contributed by atoms with Crippen LogP contribution in [0.15, 0.2) is 28.7 Å². The van der Waals surface area contributed by atoms with Crippen molar-refractivity contribution in [2.75, 3.05) is 13.2 Å². The predicted octanol–water partition coefficient (Wildman–Crippen LogP) is 3.11. The Labute approximate surface area is 123 Å². The van der Waals surface area contributed by atoms with Crippen LogP contribution in [-0.4, -0.2) is 29.9 Å². The minimum absolute atomic E-state index is 0.275. The second-order valence-corrected chi connectivity index (χ2v) is 6.21. The average Bonchev–Trinajstić information content (AvgIpc) is 2.36. The van der Waals surface area contributed by atoms with E-state index in [1.54, 1.807) is 0 Å². The highest BCUT2D eigenvalue weighted by Gasteiger charge is 2.34. The van der Waals surface area contributed by atoms with E-state index in [-0.39, 0.29) is 5.54 Å². The lowest BCUT2D eigenvalue weighted by atomic mass is 9.75. The van der Waals surface area contributed by atoms with Gasteiger partial charge < -0.3 is 15.2 Å². The number of halogens is 1. The molecule has 0 aliphatic heterocycles. The minimum Gasteiger partial charge on any atom is -0.491 e. The van der Waals surface area contributed by atoms with Crippen molar-refractivity contribution in [3.05, 3.63) is 28.7 Å². The van der Waals surface area contributed by atoms with Crippen LogP contribution in [0.1, 0.15) is 32.6 Å². The van der Waals surface area contributed by atoms with Gasteiger partial charge in [0.2, 0.25) is 0 Å². The maximum absolute atomic E-state index is 9.96. The molecule has 1 aliphatic rings. The van der Waals surface area contributed by atoms with Crippen molar-refractivity contribution in [1.82, 2.24) is 5.32 Å². The molecule has 0 radical (unpaired) electrons. The number of aliphatic hydroxyl groups is 1. The van der Waals surface area contributed by atoms with Crippen LogP contribution < -0.4 is 10.1 Å². The van der Waals surface area contributed by atoms with E-state index in [4.69, 9.17) is 4.74 Å². The Morgan fingerprint density at radius 2 is 2.26 bits per heavy atom. The third-order valence-electron chi connectivity index (χ3n) is 3.94. The van der Waals surface area contributed by atoms with Gasteiger partial charge in [-0.2, -0.15) is 0 Å². The van der Waals surface area contributed by atoms with Gasteiger partial charge in [-0.1, -0.05) is 28.9 Å². The Bertz CT molecular complexity index is 401. The van der Waals surface area contributed by atoms with Crippen LogP contribution in [-0.2, 0) is 0 Å². The molecular weight excluding hydrogens is 306 g/mol. The summed E-state index contributed by atoms with van der Waals surface area (Å²) >= 11 is 3.40. The van der Waals surface area contributed by atoms with Gasteiger partial charge in [-0.05, 0) is 43.9 Å². The number of rotatable bonds is 7. The molecule has 0 spiro atoms. The van der Waals surface area contributed by atoms with Crippen LogP contribution in [0.5, 0.6) is 5.75 Å². The lowest BCUT2D eigenvalue weighted by molar-refractivity contribution is 0.0811. The van der Waals surface area contributed by atoms with Gasteiger partial charge in [0, 0.05) is 16.6 Å². The van der Waals surface area contributed by atoms with Crippen LogP contribution in [0.2, 0.25) is 0 Å². The average molecular weight is 328 g/mol. The summed E-state index contributed by atoms with van der Waals surface area (Å²) in [7, 11) is 0. The third-order valence-corrected chi connectivity index (χ3v) is 4.43. The van der Waals surface area contributed by atoms with E-state index in [1.807, 2.05) is 24.3 Å². The van der Waals surface area contributed by atoms with Gasteiger partial charge in [-0.3, -0.25) is 0 Å². The summed E-state index contributed by atoms with van der Waals surface area (Å²) in [4.78, 5) is 0. The highest BCUT2D eigenvalue weighted by molar-refractivity contribution is 9.10. The number of hydrogen-bond acceptors (Lipinski definition) is 3. The molecule has 2 N–H and O–H groups in total. The molecule has 0 amide bonds. The van der Waals surface area contributed by atoms with Crippen molar-refractivity contribution in [2.45, 2.75) is 44.2 Å². The molecule has 1 aromatic carbocycles. The van der Waals surface area contributed by atoms with Crippen molar-refractivity contribution >= 4 is 15.9 Å². The molecule has 0 bridgehead atoms. The summed E-state index contributed by atoms with van der Waals surface area (Å²) in [6.07, 6.45) is 4.41. The molecule has 19 heavy (non-hydrogen) atoms. The Morgan fingerprint density at radius 1 is 1.47 bits per heavy atom. The predicted molar refractivity (Wildman–Crippen MR) is 80.5 cm³/mol. The molecule has 1 saturated carbocycles. The van der Waals surface area contributed by atoms with Gasteiger partial charge in [0.1, 0.15) is 18.5 Å². The number of hydrogen-bond donors (Lipinski definition) is 2. The molecule has 1 aliphatic carbocycles. The summed E-state index contributed by atoms with van der Waals surface area (Å²) in [5.74, 6) is 0.780. The Hall–Kier alpha value is -0.580. The highest BCUT2D eigenvalue weighted by atomic mass is 79.9. The van der Waals surface area contributed by atoms with Crippen LogP contribution in [0.4, 0.5) is 0 Å². The van der Waals surface area contributed by atoms with E-state index in [2.05, 4.69) is 28.2 Å². The molecule has 1 atom stereocenters. The van der Waals surface area contributed by atoms with Gasteiger partial charge in [0.15, 0.2) is 0 Å². The molecule has 3 nitrogen and oxygen atoms in total. The van der Waals surface area contributed by atoms with Crippen LogP contribution >= 0.6 is 15.9 Å². The van der Waals surface area contributed by atoms with Gasteiger partial charge in [-0.25, -0.2) is 0 Å². The van der Waals surface area contributed by atoms with Gasteiger partial charge >= 0.3 is 0 Å². The summed E-state index contributed by atoms with van der Waals surface area (Å²) < 4.78 is 6.56. The topological polar surface area (TPSA) is 41.5 Å². The maximum Gasteiger partial charge on any atom is 0.120 e. The molecule has 1 aromatic rings. The van der Waals surface area contributed by atoms with Crippen molar-refractivity contribution in [3.8, 4) is 5.75 Å². The molecule has 0 aromatic heterocycles. The normalized spacial score (nSPS) is 18.7. The molecule has 1 fully saturated rings. The first-order valence-electron chi connectivity index (χ1n) is 6.95. The van der Waals surface area contributed by atoms with Crippen LogP contribution in [0, 0.1) is 0 Å². The zero-order valence-electron chi connectivity index (χ0n) is 11.4. The monoisotopic (exact) mass is 327 g/mol. The first kappa shape index (κ1) is 14.8. The Balaban J connectivity index is 1.71. The largest absolute Gasteiger partial charge is 0.491 e. The van der Waals surface area contributed by atoms with Gasteiger partial charge in [0.25, 0.3) is 0 Å². The van der Waals surface area contributed by atoms with E-state index in [1.165, 1.54) is 19.3 Å². The molecular formula is C15H22BrNO2. The van der Waals surface area contributed by atoms with Crippen LogP contribution in [0.3, 0.4) is 0 Å². The molecule has 0 heterocycles. The highest BCUT2D eigenvalue weighted by Crippen LogP contribution is 2.34. The van der Waals surface area contributed by atoms with Crippen molar-refractivity contribution in [2.24, 2.45) is 0 Å². The summed E-state index contributed by atoms with van der Waals surface area (Å²) in [5.41, 5.74) is 0.275. The summed E-state index contributed by atoms with van der Waals surface area (Å²) in [5, 5.41) is 13.4. The van der Waals surface area contributed by atoms with E-state index in [9.17, 15) is 5.11 Å². The van der Waals surface area contributed by atoms with E-state index >= 15 is 0 Å². The van der Waals surface area contributed by atoms with E-state index < -0.39 is 6.10 Å². The SMILES string of the molecule is CCC1(NCC(O)COc2cccc(Br)c2)CCC1. The Morgan fingerprint density at radius 3 is 2.84 bits per heavy atom. The zero-order chi connectivity index (χ0) is 13.7. The van der Waals surface area contributed by atoms with Crippen molar-refractivity contribution in [1.29, 1.82) is 0 Å². The fraction of sp³-hybridized carbons (Fsp3) is 0.600. The first-order chi connectivity index (χ1) is 9.13. The fourth-order valence-corrected chi connectivity index (χ4v) is 2.78. The van der Waals surface area contributed by atoms with Crippen molar-refractivity contribution < 1.29 is 9.84 Å². The van der Waals surface area contributed by atoms with Gasteiger partial charge in [-0.15, -0.1) is 0 Å². The fourth-order valence-electron chi connectivity index (χ4n) is 2.40. The number of ether oxygens (including phenoxy) is 1. The molecule has 106 valence electrons. The molecule has 0 saturated heterocycles. The molecule has 2 rings (SSSR count). The second-order valence-electron chi connectivity index (χ2n) is 5.29. The minimum atomic E-state index is -0.469. The molecule has 4 heteroatoms. The number of nitrogens with one attached hydrogen (secondary N) is 1. The lowest BCUT2D eigenvalue weighted by Crippen LogP contribution is -2.53. The van der Waals surface area contributed by atoms with Crippen molar-refractivity contribution in [3.63, 3.8) is 0 Å². The lowest BCUT2D eigenvalue weighted by Gasteiger charge is -2.42. The van der Waals surface area contributed by atoms with Crippen LogP contribution in [0.25, 0.3) is 0 Å².